The maximum absolute atomic E-state index is 12.1. The fourth-order valence-corrected chi connectivity index (χ4v) is 2.00. The number of nitriles is 1. The van der Waals surface area contributed by atoms with Gasteiger partial charge in [-0.2, -0.15) is 5.26 Å². The number of non-ortho nitro benzene ring substituents is 1. The first kappa shape index (κ1) is 17.8. The monoisotopic (exact) mass is 357 g/mol. The molecule has 25 heavy (non-hydrogen) atoms. The topological polar surface area (TPSA) is 134 Å². The predicted octanol–water partition coefficient (Wildman–Crippen LogP) is 3.29. The van der Waals surface area contributed by atoms with Crippen molar-refractivity contribution in [3.05, 3.63) is 69.4 Å². The molecule has 0 radical (unpaired) electrons. The number of halogens is 1. The van der Waals surface area contributed by atoms with Gasteiger partial charge >= 0.3 is 0 Å². The number of amides is 1. The number of benzene rings is 2. The van der Waals surface area contributed by atoms with E-state index in [0.29, 0.717) is 17.1 Å². The summed E-state index contributed by atoms with van der Waals surface area (Å²) in [5.74, 6) is -0.665. The molecule has 2 aromatic rings. The highest BCUT2D eigenvalue weighted by Gasteiger charge is 2.11. The zero-order chi connectivity index (χ0) is 18.4. The zero-order valence-electron chi connectivity index (χ0n) is 12.7. The lowest BCUT2D eigenvalue weighted by Gasteiger charge is -2.06. The van der Waals surface area contributed by atoms with E-state index in [0.717, 1.165) is 6.20 Å². The van der Waals surface area contributed by atoms with Gasteiger partial charge in [0, 0.05) is 29.7 Å². The van der Waals surface area contributed by atoms with E-state index in [1.165, 1.54) is 30.3 Å². The number of nitrogens with two attached hydrogens (primary N) is 1. The van der Waals surface area contributed by atoms with Crippen molar-refractivity contribution in [1.29, 1.82) is 5.26 Å². The summed E-state index contributed by atoms with van der Waals surface area (Å²) in [6.07, 6.45) is 1.16. The summed E-state index contributed by atoms with van der Waals surface area (Å²) in [7, 11) is 0. The van der Waals surface area contributed by atoms with Crippen molar-refractivity contribution in [2.45, 2.75) is 0 Å². The molecule has 2 aromatic carbocycles. The highest BCUT2D eigenvalue weighted by Crippen LogP contribution is 2.23. The Kier molecular flexibility index (Phi) is 5.55. The molecule has 1 amide bonds. The maximum Gasteiger partial charge on any atom is 0.271 e. The molecule has 8 nitrogen and oxygen atoms in total. The van der Waals surface area contributed by atoms with Gasteiger partial charge in [0.1, 0.15) is 11.6 Å². The second-order valence-electron chi connectivity index (χ2n) is 4.81. The first-order valence-electron chi connectivity index (χ1n) is 6.88. The molecule has 0 fully saturated rings. The fourth-order valence-electron chi connectivity index (χ4n) is 1.82. The average Bonchev–Trinajstić information content (AvgIpc) is 2.59. The predicted molar refractivity (Wildman–Crippen MR) is 94.9 cm³/mol. The van der Waals surface area contributed by atoms with Crippen molar-refractivity contribution in [3.63, 3.8) is 0 Å². The molecule has 0 saturated heterocycles. The standard InChI is InChI=1S/C16H12ClN5O3/c17-14-7-12(4-5-15(14)19)21-16(23)10(8-18)9-20-11-2-1-3-13(6-11)22(24)25/h1-7,9,20H,19H2,(H,21,23)/b10-9-. The number of nitrogens with one attached hydrogen (secondary N) is 2. The molecule has 126 valence electrons. The van der Waals surface area contributed by atoms with E-state index in [2.05, 4.69) is 10.6 Å². The van der Waals surface area contributed by atoms with Crippen molar-refractivity contribution >= 4 is 40.3 Å². The van der Waals surface area contributed by atoms with E-state index in [1.807, 2.05) is 0 Å². The van der Waals surface area contributed by atoms with Crippen LogP contribution < -0.4 is 16.4 Å². The first-order chi connectivity index (χ1) is 11.9. The van der Waals surface area contributed by atoms with Crippen LogP contribution in [0.5, 0.6) is 0 Å². The molecule has 0 unspecified atom stereocenters. The van der Waals surface area contributed by atoms with E-state index in [4.69, 9.17) is 22.6 Å². The number of nitro groups is 1. The summed E-state index contributed by atoms with van der Waals surface area (Å²) in [4.78, 5) is 22.3. The fraction of sp³-hybridized carbons (Fsp3) is 0. The third kappa shape index (κ3) is 4.70. The van der Waals surface area contributed by atoms with Crippen molar-refractivity contribution in [2.75, 3.05) is 16.4 Å². The maximum atomic E-state index is 12.1. The molecule has 0 aliphatic heterocycles. The van der Waals surface area contributed by atoms with Gasteiger partial charge in [-0.25, -0.2) is 0 Å². The number of anilines is 3. The Balaban J connectivity index is 2.12. The van der Waals surface area contributed by atoms with Crippen LogP contribution in [0.1, 0.15) is 0 Å². The molecule has 4 N–H and O–H groups in total. The smallest absolute Gasteiger partial charge is 0.271 e. The Bertz CT molecular complexity index is 905. The van der Waals surface area contributed by atoms with Crippen LogP contribution in [0.3, 0.4) is 0 Å². The van der Waals surface area contributed by atoms with Gasteiger partial charge < -0.3 is 16.4 Å². The third-order valence-electron chi connectivity index (χ3n) is 3.06. The van der Waals surface area contributed by atoms with Gasteiger partial charge in [-0.15, -0.1) is 0 Å². The highest BCUT2D eigenvalue weighted by molar-refractivity contribution is 6.33. The van der Waals surface area contributed by atoms with Gasteiger partial charge in [-0.1, -0.05) is 17.7 Å². The van der Waals surface area contributed by atoms with E-state index in [1.54, 1.807) is 18.2 Å². The number of carbonyl (C=O) groups is 1. The van der Waals surface area contributed by atoms with Gasteiger partial charge in [0.25, 0.3) is 11.6 Å². The normalized spacial score (nSPS) is 10.6. The van der Waals surface area contributed by atoms with Crippen molar-refractivity contribution in [2.24, 2.45) is 0 Å². The molecular weight excluding hydrogens is 346 g/mol. The van der Waals surface area contributed by atoms with Gasteiger partial charge in [0.15, 0.2) is 0 Å². The van der Waals surface area contributed by atoms with Crippen LogP contribution >= 0.6 is 11.6 Å². The molecule has 0 atom stereocenters. The van der Waals surface area contributed by atoms with Crippen LogP contribution in [0, 0.1) is 21.4 Å². The number of carbonyl (C=O) groups excluding carboxylic acids is 1. The summed E-state index contributed by atoms with van der Waals surface area (Å²) < 4.78 is 0. The largest absolute Gasteiger partial charge is 0.398 e. The average molecular weight is 358 g/mol. The minimum atomic E-state index is -0.665. The molecule has 0 saturated carbocycles. The molecule has 0 aromatic heterocycles. The summed E-state index contributed by atoms with van der Waals surface area (Å²) in [5, 5.41) is 25.3. The van der Waals surface area contributed by atoms with Crippen LogP contribution in [0.4, 0.5) is 22.7 Å². The lowest BCUT2D eigenvalue weighted by Crippen LogP contribution is -2.14. The lowest BCUT2D eigenvalue weighted by molar-refractivity contribution is -0.384. The van der Waals surface area contributed by atoms with E-state index in [-0.39, 0.29) is 16.3 Å². The molecule has 0 bridgehead atoms. The van der Waals surface area contributed by atoms with Gasteiger partial charge in [-0.3, -0.25) is 14.9 Å². The van der Waals surface area contributed by atoms with E-state index >= 15 is 0 Å². The third-order valence-corrected chi connectivity index (χ3v) is 3.39. The SMILES string of the molecule is N#C/C(=C/Nc1cccc([N+](=O)[O-])c1)C(=O)Nc1ccc(N)c(Cl)c1. The lowest BCUT2D eigenvalue weighted by atomic mass is 10.2. The summed E-state index contributed by atoms with van der Waals surface area (Å²) in [5.41, 5.74) is 6.35. The Morgan fingerprint density at radius 2 is 2.04 bits per heavy atom. The molecule has 0 heterocycles. The van der Waals surface area contributed by atoms with Gasteiger partial charge in [0.2, 0.25) is 0 Å². The number of nitro benzene ring substituents is 1. The van der Waals surface area contributed by atoms with Crippen LogP contribution in [-0.4, -0.2) is 10.8 Å². The van der Waals surface area contributed by atoms with Gasteiger partial charge in [0.05, 0.1) is 15.6 Å². The molecular formula is C16H12ClN5O3. The first-order valence-corrected chi connectivity index (χ1v) is 7.26. The zero-order valence-corrected chi connectivity index (χ0v) is 13.4. The second kappa shape index (κ2) is 7.81. The van der Waals surface area contributed by atoms with Crippen molar-refractivity contribution in [3.8, 4) is 6.07 Å². The van der Waals surface area contributed by atoms with Crippen molar-refractivity contribution in [1.82, 2.24) is 0 Å². The van der Waals surface area contributed by atoms with E-state index < -0.39 is 10.8 Å². The molecule has 0 aliphatic carbocycles. The van der Waals surface area contributed by atoms with Crippen molar-refractivity contribution < 1.29 is 9.72 Å². The number of hydrogen-bond donors (Lipinski definition) is 3. The van der Waals surface area contributed by atoms with E-state index in [9.17, 15) is 14.9 Å². The number of nitrogens with zero attached hydrogens (tertiary/aromatic N) is 2. The molecule has 0 aliphatic rings. The molecule has 2 rings (SSSR count). The number of nitrogen functional groups attached to an aromatic ring is 1. The van der Waals surface area contributed by atoms with Crippen LogP contribution in [0.2, 0.25) is 5.02 Å². The summed E-state index contributed by atoms with van der Waals surface area (Å²) in [6, 6.07) is 11.9. The van der Waals surface area contributed by atoms with Crippen LogP contribution in [0.15, 0.2) is 54.2 Å². The quantitative estimate of drug-likeness (QED) is 0.247. The number of hydrogen-bond acceptors (Lipinski definition) is 6. The Morgan fingerprint density at radius 1 is 1.28 bits per heavy atom. The Hall–Kier alpha value is -3.57. The second-order valence-corrected chi connectivity index (χ2v) is 5.22. The summed E-state index contributed by atoms with van der Waals surface area (Å²) >= 11 is 5.87. The highest BCUT2D eigenvalue weighted by atomic mass is 35.5. The Morgan fingerprint density at radius 3 is 2.68 bits per heavy atom. The molecule has 0 spiro atoms. The minimum absolute atomic E-state index is 0.113. The minimum Gasteiger partial charge on any atom is -0.398 e. The number of rotatable bonds is 5. The van der Waals surface area contributed by atoms with Gasteiger partial charge in [-0.05, 0) is 24.3 Å². The van der Waals surface area contributed by atoms with Crippen LogP contribution in [0.25, 0.3) is 0 Å². The Labute approximate surface area is 147 Å². The summed E-state index contributed by atoms with van der Waals surface area (Å²) in [6.45, 7) is 0. The molecule has 9 heteroatoms. The van der Waals surface area contributed by atoms with Crippen LogP contribution in [-0.2, 0) is 4.79 Å².